The second-order valence-electron chi connectivity index (χ2n) is 1.86. The summed E-state index contributed by atoms with van der Waals surface area (Å²) in [4.78, 5) is 10.4. The van der Waals surface area contributed by atoms with Crippen molar-refractivity contribution in [1.82, 2.24) is 5.32 Å². The van der Waals surface area contributed by atoms with Gasteiger partial charge in [0.1, 0.15) is 5.78 Å². The molecule has 0 atom stereocenters. The second kappa shape index (κ2) is 6.11. The fourth-order valence-corrected chi connectivity index (χ4v) is 1.17. The van der Waals surface area contributed by atoms with Crippen molar-refractivity contribution in [3.05, 3.63) is 0 Å². The number of Topliss-reactive ketones (excluding diaryl/α,β-unsaturated/α-hetero) is 1. The van der Waals surface area contributed by atoms with Crippen molar-refractivity contribution in [3.8, 4) is 0 Å². The zero-order valence-corrected chi connectivity index (χ0v) is 6.75. The Labute approximate surface area is 60.4 Å². The monoisotopic (exact) mass is 147 g/mol. The molecule has 0 aromatic carbocycles. The van der Waals surface area contributed by atoms with E-state index in [0.29, 0.717) is 5.75 Å². The van der Waals surface area contributed by atoms with Gasteiger partial charge >= 0.3 is 0 Å². The highest BCUT2D eigenvalue weighted by Crippen LogP contribution is 1.96. The molecule has 54 valence electrons. The minimum atomic E-state index is 0.260. The van der Waals surface area contributed by atoms with E-state index in [2.05, 4.69) is 5.32 Å². The molecule has 0 amide bonds. The van der Waals surface area contributed by atoms with Crippen LogP contribution in [0.5, 0.6) is 0 Å². The topological polar surface area (TPSA) is 29.1 Å². The third-order valence-electron chi connectivity index (χ3n) is 0.802. The summed E-state index contributed by atoms with van der Waals surface area (Å²) in [5, 5.41) is 3.01. The van der Waals surface area contributed by atoms with Gasteiger partial charge in [-0.3, -0.25) is 4.79 Å². The lowest BCUT2D eigenvalue weighted by Gasteiger charge is -1.95. The summed E-state index contributed by atoms with van der Waals surface area (Å²) in [6, 6.07) is 0. The first-order valence-electron chi connectivity index (χ1n) is 2.99. The van der Waals surface area contributed by atoms with Crippen LogP contribution in [0.25, 0.3) is 0 Å². The third kappa shape index (κ3) is 7.98. The standard InChI is InChI=1S/C6H13NOS/c1-6(8)5-9-4-3-7-2/h7H,3-5H2,1-2H3. The van der Waals surface area contributed by atoms with Crippen molar-refractivity contribution in [2.24, 2.45) is 0 Å². The van der Waals surface area contributed by atoms with Crippen molar-refractivity contribution in [2.75, 3.05) is 25.1 Å². The fraction of sp³-hybridized carbons (Fsp3) is 0.833. The van der Waals surface area contributed by atoms with Crippen LogP contribution in [0.15, 0.2) is 0 Å². The Balaban J connectivity index is 2.83. The molecule has 1 N–H and O–H groups in total. The molecule has 0 saturated heterocycles. The van der Waals surface area contributed by atoms with E-state index in [1.807, 2.05) is 7.05 Å². The van der Waals surface area contributed by atoms with E-state index in [4.69, 9.17) is 0 Å². The minimum Gasteiger partial charge on any atom is -0.319 e. The number of rotatable bonds is 5. The molecule has 0 aliphatic rings. The van der Waals surface area contributed by atoms with Crippen molar-refractivity contribution in [3.63, 3.8) is 0 Å². The zero-order valence-electron chi connectivity index (χ0n) is 5.94. The molecule has 3 heteroatoms. The van der Waals surface area contributed by atoms with Crippen LogP contribution in [-0.2, 0) is 4.79 Å². The molecule has 0 aliphatic carbocycles. The maximum atomic E-state index is 10.4. The Kier molecular flexibility index (Phi) is 6.09. The van der Waals surface area contributed by atoms with Crippen LogP contribution in [0, 0.1) is 0 Å². The van der Waals surface area contributed by atoms with Gasteiger partial charge in [-0.2, -0.15) is 11.8 Å². The van der Waals surface area contributed by atoms with Gasteiger partial charge in [0.2, 0.25) is 0 Å². The lowest BCUT2D eigenvalue weighted by atomic mass is 10.5. The predicted molar refractivity (Wildman–Crippen MR) is 41.9 cm³/mol. The smallest absolute Gasteiger partial charge is 0.139 e. The molecule has 0 saturated carbocycles. The first-order valence-corrected chi connectivity index (χ1v) is 4.14. The first-order chi connectivity index (χ1) is 4.27. The molecule has 0 aromatic rings. The van der Waals surface area contributed by atoms with Gasteiger partial charge in [0.15, 0.2) is 0 Å². The lowest BCUT2D eigenvalue weighted by Crippen LogP contribution is -2.10. The van der Waals surface area contributed by atoms with E-state index in [9.17, 15) is 4.79 Å². The van der Waals surface area contributed by atoms with Crippen molar-refractivity contribution in [2.45, 2.75) is 6.92 Å². The summed E-state index contributed by atoms with van der Waals surface area (Å²) in [6.07, 6.45) is 0. The number of ketones is 1. The van der Waals surface area contributed by atoms with Crippen molar-refractivity contribution >= 4 is 17.5 Å². The Morgan fingerprint density at radius 2 is 2.33 bits per heavy atom. The van der Waals surface area contributed by atoms with Crippen molar-refractivity contribution in [1.29, 1.82) is 0 Å². The molecule has 0 fully saturated rings. The highest BCUT2D eigenvalue weighted by molar-refractivity contribution is 7.99. The van der Waals surface area contributed by atoms with E-state index in [0.717, 1.165) is 12.3 Å². The van der Waals surface area contributed by atoms with Gasteiger partial charge in [-0.25, -0.2) is 0 Å². The molecule has 0 unspecified atom stereocenters. The predicted octanol–water partition coefficient (Wildman–Crippen LogP) is 0.528. The molecule has 0 aromatic heterocycles. The average Bonchev–Trinajstić information content (AvgIpc) is 1.80. The highest BCUT2D eigenvalue weighted by Gasteiger charge is 1.90. The fourth-order valence-electron chi connectivity index (χ4n) is 0.390. The molecule has 0 bridgehead atoms. The number of nitrogens with one attached hydrogen (secondary N) is 1. The van der Waals surface area contributed by atoms with E-state index < -0.39 is 0 Å². The van der Waals surface area contributed by atoms with Gasteiger partial charge in [-0.15, -0.1) is 0 Å². The Morgan fingerprint density at radius 1 is 1.67 bits per heavy atom. The quantitative estimate of drug-likeness (QED) is 0.575. The summed E-state index contributed by atoms with van der Waals surface area (Å²) < 4.78 is 0. The van der Waals surface area contributed by atoms with Gasteiger partial charge < -0.3 is 5.32 Å². The van der Waals surface area contributed by atoms with Crippen LogP contribution in [0.2, 0.25) is 0 Å². The van der Waals surface area contributed by atoms with Gasteiger partial charge in [0.25, 0.3) is 0 Å². The summed E-state index contributed by atoms with van der Waals surface area (Å²) in [6.45, 7) is 2.60. The number of thioether (sulfide) groups is 1. The van der Waals surface area contributed by atoms with Crippen LogP contribution < -0.4 is 5.32 Å². The number of carbonyl (C=O) groups is 1. The Morgan fingerprint density at radius 3 is 2.78 bits per heavy atom. The second-order valence-corrected chi connectivity index (χ2v) is 2.96. The maximum absolute atomic E-state index is 10.4. The number of carbonyl (C=O) groups excluding carboxylic acids is 1. The molecule has 0 rings (SSSR count). The van der Waals surface area contributed by atoms with Crippen LogP contribution in [0.3, 0.4) is 0 Å². The molecule has 9 heavy (non-hydrogen) atoms. The third-order valence-corrected chi connectivity index (χ3v) is 1.91. The van der Waals surface area contributed by atoms with Gasteiger partial charge in [0, 0.05) is 12.3 Å². The molecule has 0 spiro atoms. The largest absolute Gasteiger partial charge is 0.319 e. The zero-order chi connectivity index (χ0) is 7.11. The molecule has 0 radical (unpaired) electrons. The van der Waals surface area contributed by atoms with E-state index in [-0.39, 0.29) is 5.78 Å². The normalized spacial score (nSPS) is 9.56. The van der Waals surface area contributed by atoms with E-state index >= 15 is 0 Å². The summed E-state index contributed by atoms with van der Waals surface area (Å²) in [7, 11) is 1.91. The van der Waals surface area contributed by atoms with Gasteiger partial charge in [0.05, 0.1) is 5.75 Å². The average molecular weight is 147 g/mol. The van der Waals surface area contributed by atoms with E-state index in [1.165, 1.54) is 0 Å². The minimum absolute atomic E-state index is 0.260. The van der Waals surface area contributed by atoms with Gasteiger partial charge in [-0.1, -0.05) is 0 Å². The molecular weight excluding hydrogens is 134 g/mol. The summed E-state index contributed by atoms with van der Waals surface area (Å²) >= 11 is 1.67. The SMILES string of the molecule is CNCCSCC(C)=O. The molecular formula is C6H13NOS. The van der Waals surface area contributed by atoms with Crippen LogP contribution in [0.1, 0.15) is 6.92 Å². The van der Waals surface area contributed by atoms with Crippen LogP contribution in [0.4, 0.5) is 0 Å². The highest BCUT2D eigenvalue weighted by atomic mass is 32.2. The Bertz CT molecular complexity index is 85.1. The first kappa shape index (κ1) is 8.98. The number of hydrogen-bond donors (Lipinski definition) is 1. The van der Waals surface area contributed by atoms with Crippen molar-refractivity contribution < 1.29 is 4.79 Å². The molecule has 0 aliphatic heterocycles. The molecule has 2 nitrogen and oxygen atoms in total. The van der Waals surface area contributed by atoms with Crippen LogP contribution >= 0.6 is 11.8 Å². The van der Waals surface area contributed by atoms with E-state index in [1.54, 1.807) is 18.7 Å². The van der Waals surface area contributed by atoms with Gasteiger partial charge in [-0.05, 0) is 14.0 Å². The summed E-state index contributed by atoms with van der Waals surface area (Å²) in [5.41, 5.74) is 0. The summed E-state index contributed by atoms with van der Waals surface area (Å²) in [5.74, 6) is 1.94. The molecule has 0 heterocycles. The Hall–Kier alpha value is -0.0200. The maximum Gasteiger partial charge on any atom is 0.139 e. The number of hydrogen-bond acceptors (Lipinski definition) is 3. The lowest BCUT2D eigenvalue weighted by molar-refractivity contribution is -0.114. The van der Waals surface area contributed by atoms with Crippen LogP contribution in [-0.4, -0.2) is 30.9 Å².